The van der Waals surface area contributed by atoms with Crippen LogP contribution in [-0.4, -0.2) is 189 Å². The lowest BCUT2D eigenvalue weighted by Gasteiger charge is -2.18. The molecule has 93 heavy (non-hydrogen) atoms. The number of rotatable bonds is 48. The van der Waals surface area contributed by atoms with Gasteiger partial charge in [-0.2, -0.15) is 0 Å². The first-order valence-electron chi connectivity index (χ1n) is 29.1. The number of hydrogen-bond donors (Lipinski definition) is 9. The number of benzene rings is 3. The third-order valence-corrected chi connectivity index (χ3v) is 12.9. The van der Waals surface area contributed by atoms with Crippen molar-refractivity contribution in [1.29, 1.82) is 0 Å². The summed E-state index contributed by atoms with van der Waals surface area (Å²) < 4.78 is 54.8. The van der Waals surface area contributed by atoms with Gasteiger partial charge in [0.05, 0.1) is 168 Å². The summed E-state index contributed by atoms with van der Waals surface area (Å²) in [5, 5.41) is 53.8. The first kappa shape index (κ1) is 77.5. The Kier molecular flexibility index (Phi) is 35.2. The van der Waals surface area contributed by atoms with Crippen LogP contribution in [0.5, 0.6) is 34.5 Å². The summed E-state index contributed by atoms with van der Waals surface area (Å²) >= 11 is 0. The second-order valence-electron chi connectivity index (χ2n) is 19.9. The number of ether oxygens (including phenoxy) is 10. The summed E-state index contributed by atoms with van der Waals surface area (Å²) in [6, 6.07) is 4.96. The van der Waals surface area contributed by atoms with E-state index in [0.717, 1.165) is 12.1 Å². The highest BCUT2D eigenvalue weighted by Gasteiger charge is 2.28. The van der Waals surface area contributed by atoms with Gasteiger partial charge in [-0.25, -0.2) is 0 Å². The molecule has 3 aromatic carbocycles. The van der Waals surface area contributed by atoms with E-state index in [0.29, 0.717) is 6.42 Å². The van der Waals surface area contributed by atoms with Crippen LogP contribution < -0.4 is 77.1 Å². The fraction of sp³-hybridized carbons (Fsp3) is 0.544. The Morgan fingerprint density at radius 3 is 1.10 bits per heavy atom. The van der Waals surface area contributed by atoms with Crippen LogP contribution in [0.15, 0.2) is 36.4 Å². The first-order chi connectivity index (χ1) is 44.4. The van der Waals surface area contributed by atoms with Crippen LogP contribution in [-0.2, 0) is 57.3 Å². The van der Waals surface area contributed by atoms with Crippen molar-refractivity contribution in [2.75, 3.05) is 127 Å². The number of carbonyl (C=O) groups excluding carboxylic acids is 8. The molecular weight excluding hydrogens is 1240 g/mol. The Balaban J connectivity index is 1.29. The third kappa shape index (κ3) is 28.9. The number of nitrogens with two attached hydrogens (primary N) is 2. The highest BCUT2D eigenvalue weighted by molar-refractivity contribution is 5.89. The standard InChI is InChI=1S/C57H82N12O24/c1-35(64-55(75)32-63-54(74)31-62-53(73)30-58)38-24-44(84-4)48(27-41(38)67(78)79)92-16-8-11-51(71)60-13-18-87-21-23-90-34-57(77)66-37(3)40-26-46(86-6)49(29-43(40)69(82)83)93-17-9-12-52(72)61-14-19-88-20-22-89-33-56(76)65-36(2)39-25-45(85-5)47(28-42(39)68(80)81)91-15-7-10-50(59)70/h24-29,35-37H,7-23,30-34,58H2,1-6H3,(H2,59,70)(H,60,71)(H,61,72)(H,62,73)(H,63,74)(H,64,75)(H,65,76)(H,66,77). The van der Waals surface area contributed by atoms with E-state index in [4.69, 9.17) is 58.8 Å². The number of primary amides is 1. The molecule has 0 aliphatic carbocycles. The van der Waals surface area contributed by atoms with Gasteiger partial charge in [0, 0.05) is 32.4 Å². The van der Waals surface area contributed by atoms with Crippen LogP contribution >= 0.6 is 0 Å². The van der Waals surface area contributed by atoms with E-state index in [2.05, 4.69) is 37.2 Å². The zero-order chi connectivity index (χ0) is 68.8. The van der Waals surface area contributed by atoms with Crippen molar-refractivity contribution in [3.63, 3.8) is 0 Å². The van der Waals surface area contributed by atoms with Gasteiger partial charge in [0.25, 0.3) is 17.1 Å². The Morgan fingerprint density at radius 1 is 0.419 bits per heavy atom. The van der Waals surface area contributed by atoms with Crippen LogP contribution in [0, 0.1) is 30.3 Å². The second kappa shape index (κ2) is 42.3. The molecule has 0 aromatic heterocycles. The maximum atomic E-state index is 12.8. The maximum Gasteiger partial charge on any atom is 0.278 e. The molecule has 0 aliphatic rings. The molecule has 8 amide bonds. The summed E-state index contributed by atoms with van der Waals surface area (Å²) in [5.41, 5.74) is 9.59. The molecule has 0 radical (unpaired) electrons. The maximum absolute atomic E-state index is 12.8. The number of nitro groups is 3. The number of nitro benzene ring substituents is 3. The SMILES string of the molecule is COc1cc(C(C)NC(=O)COCCOCCNC(=O)CCCOc2cc([N+](=O)[O-])c(C(C)NC(=O)COCCOCCNC(=O)CCCOc3cc([N+](=O)[O-])c(C(C)NC(=O)CNC(=O)CNC(=O)CN)cc3OC)cc2OC)c([N+](=O)[O-])cc1OCCCC(N)=O. The molecule has 0 heterocycles. The molecule has 11 N–H and O–H groups in total. The van der Waals surface area contributed by atoms with Gasteiger partial charge in [0.1, 0.15) is 13.2 Å². The smallest absolute Gasteiger partial charge is 0.278 e. The predicted octanol–water partition coefficient (Wildman–Crippen LogP) is 0.821. The van der Waals surface area contributed by atoms with E-state index in [9.17, 15) is 68.7 Å². The lowest BCUT2D eigenvalue weighted by atomic mass is 10.0. The fourth-order valence-electron chi connectivity index (χ4n) is 8.34. The molecule has 0 aliphatic heterocycles. The minimum absolute atomic E-state index is 0.00142. The van der Waals surface area contributed by atoms with Gasteiger partial charge in [-0.3, -0.25) is 68.7 Å². The van der Waals surface area contributed by atoms with E-state index >= 15 is 0 Å². The highest BCUT2D eigenvalue weighted by Crippen LogP contribution is 2.40. The van der Waals surface area contributed by atoms with E-state index in [1.54, 1.807) is 6.92 Å². The van der Waals surface area contributed by atoms with Crippen molar-refractivity contribution in [3.05, 3.63) is 83.4 Å². The first-order valence-corrected chi connectivity index (χ1v) is 29.1. The zero-order valence-corrected chi connectivity index (χ0v) is 52.5. The fourth-order valence-corrected chi connectivity index (χ4v) is 8.34. The van der Waals surface area contributed by atoms with Crippen molar-refractivity contribution in [2.24, 2.45) is 11.5 Å². The number of amides is 8. The molecule has 514 valence electrons. The number of nitrogens with zero attached hydrogens (tertiary/aromatic N) is 3. The van der Waals surface area contributed by atoms with Crippen LogP contribution in [0.4, 0.5) is 17.1 Å². The highest BCUT2D eigenvalue weighted by atomic mass is 16.6. The monoisotopic (exact) mass is 1320 g/mol. The van der Waals surface area contributed by atoms with Gasteiger partial charge in [-0.05, 0) is 58.2 Å². The van der Waals surface area contributed by atoms with Crippen molar-refractivity contribution < 1.29 is 100 Å². The molecule has 3 atom stereocenters. The minimum Gasteiger partial charge on any atom is -0.493 e. The number of hydrogen-bond acceptors (Lipinski definition) is 25. The van der Waals surface area contributed by atoms with Gasteiger partial charge in [0.2, 0.25) is 47.3 Å². The summed E-state index contributed by atoms with van der Waals surface area (Å²) in [4.78, 5) is 131. The molecule has 36 nitrogen and oxygen atoms in total. The quantitative estimate of drug-likeness (QED) is 0.0215. The number of methoxy groups -OCH3 is 3. The van der Waals surface area contributed by atoms with Gasteiger partial charge < -0.3 is 96.1 Å². The van der Waals surface area contributed by atoms with Gasteiger partial charge in [0.15, 0.2) is 34.5 Å². The topological polar surface area (TPSA) is 495 Å². The molecule has 0 fully saturated rings. The Bertz CT molecular complexity index is 3030. The van der Waals surface area contributed by atoms with Crippen molar-refractivity contribution >= 4 is 64.3 Å². The molecule has 3 unspecified atom stereocenters. The Labute approximate surface area is 534 Å². The van der Waals surface area contributed by atoms with E-state index in [1.165, 1.54) is 59.4 Å². The lowest BCUT2D eigenvalue weighted by molar-refractivity contribution is -0.386. The van der Waals surface area contributed by atoms with E-state index in [-0.39, 0.29) is 198 Å². The predicted molar refractivity (Wildman–Crippen MR) is 326 cm³/mol. The average molecular weight is 1320 g/mol. The van der Waals surface area contributed by atoms with Gasteiger partial charge >= 0.3 is 0 Å². The second-order valence-corrected chi connectivity index (χ2v) is 19.9. The van der Waals surface area contributed by atoms with Gasteiger partial charge in [-0.15, -0.1) is 0 Å². The average Bonchev–Trinajstić information content (AvgIpc) is 0.843. The summed E-state index contributed by atoms with van der Waals surface area (Å²) in [7, 11) is 4.00. The van der Waals surface area contributed by atoms with Crippen LogP contribution in [0.1, 0.15) is 94.1 Å². The van der Waals surface area contributed by atoms with Crippen LogP contribution in [0.2, 0.25) is 0 Å². The minimum atomic E-state index is -0.907. The largest absolute Gasteiger partial charge is 0.493 e. The van der Waals surface area contributed by atoms with Crippen LogP contribution in [0.3, 0.4) is 0 Å². The summed E-state index contributed by atoms with van der Waals surface area (Å²) in [6.07, 6.45) is 0.886. The van der Waals surface area contributed by atoms with Crippen LogP contribution in [0.25, 0.3) is 0 Å². The summed E-state index contributed by atoms with van der Waals surface area (Å²) in [6.45, 7) is 3.34. The van der Waals surface area contributed by atoms with Crippen molar-refractivity contribution in [3.8, 4) is 34.5 Å². The molecule has 0 saturated heterocycles. The normalized spacial score (nSPS) is 11.7. The summed E-state index contributed by atoms with van der Waals surface area (Å²) in [5.74, 6) is -3.60. The molecule has 3 rings (SSSR count). The molecule has 36 heteroatoms. The Hall–Kier alpha value is -9.78. The number of nitrogens with one attached hydrogen (secondary N) is 7. The van der Waals surface area contributed by atoms with E-state index in [1.807, 2.05) is 0 Å². The van der Waals surface area contributed by atoms with Crippen molar-refractivity contribution in [2.45, 2.75) is 77.4 Å². The Morgan fingerprint density at radius 2 is 0.753 bits per heavy atom. The molecular formula is C57H82N12O24. The number of carbonyl (C=O) groups is 8. The lowest BCUT2D eigenvalue weighted by Crippen LogP contribution is -2.43. The molecule has 0 saturated carbocycles. The molecule has 0 spiro atoms. The zero-order valence-electron chi connectivity index (χ0n) is 52.5. The van der Waals surface area contributed by atoms with E-state index < -0.39 is 88.0 Å². The molecule has 3 aromatic rings. The van der Waals surface area contributed by atoms with Gasteiger partial charge in [-0.1, -0.05) is 0 Å². The van der Waals surface area contributed by atoms with Crippen molar-refractivity contribution in [1.82, 2.24) is 37.2 Å². The molecule has 0 bridgehead atoms. The third-order valence-electron chi connectivity index (χ3n) is 12.9.